The Balaban J connectivity index is 3.03. The summed E-state index contributed by atoms with van der Waals surface area (Å²) in [5.74, 6) is 0.435. The minimum absolute atomic E-state index is 0.293. The van der Waals surface area contributed by atoms with Crippen molar-refractivity contribution in [2.24, 2.45) is 5.73 Å². The summed E-state index contributed by atoms with van der Waals surface area (Å²) in [6.07, 6.45) is 0. The zero-order valence-corrected chi connectivity index (χ0v) is 13.4. The molecule has 4 heteroatoms. The third-order valence-corrected chi connectivity index (χ3v) is 4.48. The monoisotopic (exact) mass is 269 g/mol. The van der Waals surface area contributed by atoms with Crippen LogP contribution in [0.5, 0.6) is 0 Å². The minimum atomic E-state index is -0.293. The Morgan fingerprint density at radius 2 is 1.83 bits per heavy atom. The normalized spacial score (nSPS) is 12.7. The summed E-state index contributed by atoms with van der Waals surface area (Å²) in [7, 11) is 0. The maximum absolute atomic E-state index is 6.26. The van der Waals surface area contributed by atoms with Crippen molar-refractivity contribution >= 4 is 11.3 Å². The van der Waals surface area contributed by atoms with Crippen molar-refractivity contribution in [2.75, 3.05) is 13.1 Å². The molecule has 0 bridgehead atoms. The standard InChI is InChI=1S/C14H27N3S/c1-7-17(8-2)9-11-16-12(10(3)4)13(18-11)14(5,6)15/h10H,7-9,15H2,1-6H3. The van der Waals surface area contributed by atoms with E-state index in [1.807, 2.05) is 0 Å². The predicted octanol–water partition coefficient (Wildman–Crippen LogP) is 3.30. The van der Waals surface area contributed by atoms with E-state index in [2.05, 4.69) is 46.4 Å². The van der Waals surface area contributed by atoms with Gasteiger partial charge in [0.1, 0.15) is 5.01 Å². The van der Waals surface area contributed by atoms with Crippen LogP contribution >= 0.6 is 11.3 Å². The Bertz CT molecular complexity index is 373. The van der Waals surface area contributed by atoms with Crippen LogP contribution in [0.1, 0.15) is 63.0 Å². The molecule has 1 aromatic rings. The van der Waals surface area contributed by atoms with Gasteiger partial charge in [-0.15, -0.1) is 11.3 Å². The summed E-state index contributed by atoms with van der Waals surface area (Å²) in [4.78, 5) is 8.43. The van der Waals surface area contributed by atoms with Crippen molar-refractivity contribution in [3.63, 3.8) is 0 Å². The molecule has 1 aromatic heterocycles. The van der Waals surface area contributed by atoms with Gasteiger partial charge in [0.2, 0.25) is 0 Å². The molecule has 0 radical (unpaired) electrons. The lowest BCUT2D eigenvalue weighted by molar-refractivity contribution is 0.295. The molecule has 0 aliphatic heterocycles. The van der Waals surface area contributed by atoms with Crippen molar-refractivity contribution in [3.8, 4) is 0 Å². The summed E-state index contributed by atoms with van der Waals surface area (Å²) in [6, 6.07) is 0. The Kier molecular flexibility index (Phi) is 5.32. The Morgan fingerprint density at radius 3 is 2.17 bits per heavy atom. The summed E-state index contributed by atoms with van der Waals surface area (Å²) >= 11 is 1.78. The largest absolute Gasteiger partial charge is 0.321 e. The summed E-state index contributed by atoms with van der Waals surface area (Å²) < 4.78 is 0. The topological polar surface area (TPSA) is 42.2 Å². The first-order chi connectivity index (χ1) is 8.29. The highest BCUT2D eigenvalue weighted by atomic mass is 32.1. The molecule has 0 unspecified atom stereocenters. The van der Waals surface area contributed by atoms with E-state index in [0.29, 0.717) is 5.92 Å². The first-order valence-corrected chi connectivity index (χ1v) is 7.62. The van der Waals surface area contributed by atoms with E-state index in [0.717, 1.165) is 19.6 Å². The van der Waals surface area contributed by atoms with Crippen LogP contribution in [0.4, 0.5) is 0 Å². The van der Waals surface area contributed by atoms with Gasteiger partial charge in [-0.1, -0.05) is 27.7 Å². The highest BCUT2D eigenvalue weighted by Gasteiger charge is 2.25. The summed E-state index contributed by atoms with van der Waals surface area (Å²) in [5.41, 5.74) is 7.14. The van der Waals surface area contributed by atoms with Gasteiger partial charge in [-0.2, -0.15) is 0 Å². The van der Waals surface area contributed by atoms with Gasteiger partial charge in [-0.05, 0) is 32.9 Å². The van der Waals surface area contributed by atoms with Crippen molar-refractivity contribution in [1.82, 2.24) is 9.88 Å². The molecule has 0 saturated heterocycles. The van der Waals surface area contributed by atoms with Crippen molar-refractivity contribution in [1.29, 1.82) is 0 Å². The number of nitrogens with zero attached hydrogens (tertiary/aromatic N) is 2. The van der Waals surface area contributed by atoms with Gasteiger partial charge in [0, 0.05) is 10.4 Å². The van der Waals surface area contributed by atoms with E-state index in [4.69, 9.17) is 10.7 Å². The second-order valence-corrected chi connectivity index (χ2v) is 6.74. The molecule has 18 heavy (non-hydrogen) atoms. The fraction of sp³-hybridized carbons (Fsp3) is 0.786. The highest BCUT2D eigenvalue weighted by Crippen LogP contribution is 2.32. The number of hydrogen-bond acceptors (Lipinski definition) is 4. The molecule has 1 heterocycles. The van der Waals surface area contributed by atoms with Gasteiger partial charge in [-0.25, -0.2) is 4.98 Å². The van der Waals surface area contributed by atoms with E-state index in [1.165, 1.54) is 15.6 Å². The second-order valence-electron chi connectivity index (χ2n) is 5.66. The third-order valence-electron chi connectivity index (χ3n) is 3.08. The van der Waals surface area contributed by atoms with Crippen LogP contribution in [0, 0.1) is 0 Å². The number of hydrogen-bond donors (Lipinski definition) is 1. The number of thiazole rings is 1. The van der Waals surface area contributed by atoms with E-state index in [1.54, 1.807) is 11.3 Å². The average molecular weight is 269 g/mol. The molecule has 2 N–H and O–H groups in total. The molecular formula is C14H27N3S. The van der Waals surface area contributed by atoms with Gasteiger partial charge in [0.25, 0.3) is 0 Å². The van der Waals surface area contributed by atoms with Crippen molar-refractivity contribution < 1.29 is 0 Å². The molecule has 0 saturated carbocycles. The fourth-order valence-corrected chi connectivity index (χ4v) is 3.21. The maximum atomic E-state index is 6.26. The molecule has 0 aliphatic carbocycles. The molecule has 0 fully saturated rings. The van der Waals surface area contributed by atoms with E-state index in [-0.39, 0.29) is 5.54 Å². The summed E-state index contributed by atoms with van der Waals surface area (Å²) in [5, 5.41) is 1.19. The SMILES string of the molecule is CCN(CC)Cc1nc(C(C)C)c(C(C)(C)N)s1. The first-order valence-electron chi connectivity index (χ1n) is 6.80. The van der Waals surface area contributed by atoms with Crippen molar-refractivity contribution in [2.45, 2.75) is 59.5 Å². The van der Waals surface area contributed by atoms with Gasteiger partial charge in [0.15, 0.2) is 0 Å². The fourth-order valence-electron chi connectivity index (χ4n) is 1.94. The van der Waals surface area contributed by atoms with Crippen LogP contribution in [0.15, 0.2) is 0 Å². The van der Waals surface area contributed by atoms with Crippen LogP contribution in [0.3, 0.4) is 0 Å². The van der Waals surface area contributed by atoms with Gasteiger partial charge < -0.3 is 5.73 Å². The van der Waals surface area contributed by atoms with E-state index in [9.17, 15) is 0 Å². The highest BCUT2D eigenvalue weighted by molar-refractivity contribution is 7.11. The van der Waals surface area contributed by atoms with E-state index >= 15 is 0 Å². The minimum Gasteiger partial charge on any atom is -0.321 e. The van der Waals surface area contributed by atoms with Crippen molar-refractivity contribution in [3.05, 3.63) is 15.6 Å². The number of aromatic nitrogens is 1. The number of rotatable bonds is 6. The first kappa shape index (κ1) is 15.6. The van der Waals surface area contributed by atoms with Crippen LogP contribution in [0.25, 0.3) is 0 Å². The quantitative estimate of drug-likeness (QED) is 0.861. The molecule has 0 amide bonds. The predicted molar refractivity (Wildman–Crippen MR) is 80.0 cm³/mol. The van der Waals surface area contributed by atoms with Crippen LogP contribution < -0.4 is 5.73 Å². The smallest absolute Gasteiger partial charge is 0.107 e. The van der Waals surface area contributed by atoms with E-state index < -0.39 is 0 Å². The summed E-state index contributed by atoms with van der Waals surface area (Å²) in [6.45, 7) is 15.9. The Labute approximate surface area is 115 Å². The molecule has 0 spiro atoms. The number of nitrogens with two attached hydrogens (primary N) is 1. The zero-order chi connectivity index (χ0) is 13.9. The lowest BCUT2D eigenvalue weighted by Gasteiger charge is -2.19. The Morgan fingerprint density at radius 1 is 1.28 bits per heavy atom. The lowest BCUT2D eigenvalue weighted by atomic mass is 9.98. The molecule has 0 aliphatic rings. The second kappa shape index (κ2) is 6.13. The Hall–Kier alpha value is -0.450. The molecule has 0 aromatic carbocycles. The van der Waals surface area contributed by atoms with Gasteiger partial charge in [-0.3, -0.25) is 4.90 Å². The molecule has 0 atom stereocenters. The van der Waals surface area contributed by atoms with Crippen LogP contribution in [-0.4, -0.2) is 23.0 Å². The molecule has 3 nitrogen and oxygen atoms in total. The average Bonchev–Trinajstić information content (AvgIpc) is 2.69. The van der Waals surface area contributed by atoms with Gasteiger partial charge >= 0.3 is 0 Å². The lowest BCUT2D eigenvalue weighted by Crippen LogP contribution is -2.28. The van der Waals surface area contributed by atoms with Crippen LogP contribution in [-0.2, 0) is 12.1 Å². The zero-order valence-electron chi connectivity index (χ0n) is 12.6. The molecule has 1 rings (SSSR count). The van der Waals surface area contributed by atoms with Crippen LogP contribution in [0.2, 0.25) is 0 Å². The third kappa shape index (κ3) is 3.77. The molecular weight excluding hydrogens is 242 g/mol. The van der Waals surface area contributed by atoms with Gasteiger partial charge in [0.05, 0.1) is 12.2 Å². The maximum Gasteiger partial charge on any atom is 0.107 e. The molecule has 104 valence electrons.